The number of hydrogen-bond donors (Lipinski definition) is 2. The van der Waals surface area contributed by atoms with E-state index in [2.05, 4.69) is 5.32 Å². The molecule has 1 heterocycles. The summed E-state index contributed by atoms with van der Waals surface area (Å²) >= 11 is 0. The number of carbonyl (C=O) groups is 1. The molecule has 1 amide bonds. The highest BCUT2D eigenvalue weighted by Gasteiger charge is 2.79. The number of nitrogens with one attached hydrogen (secondary N) is 1. The van der Waals surface area contributed by atoms with Crippen molar-refractivity contribution in [2.24, 2.45) is 29.6 Å². The Morgan fingerprint density at radius 2 is 2.05 bits per heavy atom. The summed E-state index contributed by atoms with van der Waals surface area (Å²) in [6.45, 7) is 0. The van der Waals surface area contributed by atoms with Crippen LogP contribution in [0.3, 0.4) is 0 Å². The van der Waals surface area contributed by atoms with E-state index >= 15 is 0 Å². The summed E-state index contributed by atoms with van der Waals surface area (Å²) in [5.41, 5.74) is 0.724. The van der Waals surface area contributed by atoms with Crippen LogP contribution in [-0.4, -0.2) is 16.6 Å². The zero-order valence-electron chi connectivity index (χ0n) is 11.9. The SMILES string of the molecule is O=C1NC23CC4CC(C2)C2C(C4)C3C2(O)c2ccccc21. The lowest BCUT2D eigenvalue weighted by molar-refractivity contribution is -0.326. The van der Waals surface area contributed by atoms with Crippen molar-refractivity contribution >= 4 is 5.91 Å². The Kier molecular flexibility index (Phi) is 1.63. The number of hydrogen-bond acceptors (Lipinski definition) is 2. The fourth-order valence-corrected chi connectivity index (χ4v) is 7.38. The second-order valence-electron chi connectivity index (χ2n) is 8.15. The lowest BCUT2D eigenvalue weighted by Gasteiger charge is -2.77. The normalized spacial score (nSPS) is 54.5. The third kappa shape index (κ3) is 0.980. The lowest BCUT2D eigenvalue weighted by atomic mass is 9.30. The molecule has 0 aromatic heterocycles. The summed E-state index contributed by atoms with van der Waals surface area (Å²) < 4.78 is 0. The number of aliphatic hydroxyl groups is 1. The summed E-state index contributed by atoms with van der Waals surface area (Å²) in [6.07, 6.45) is 4.71. The minimum Gasteiger partial charge on any atom is -0.384 e. The minimum atomic E-state index is -0.755. The second-order valence-corrected chi connectivity index (χ2v) is 8.15. The van der Waals surface area contributed by atoms with E-state index in [1.165, 1.54) is 12.8 Å². The lowest BCUT2D eigenvalue weighted by Crippen LogP contribution is -2.81. The van der Waals surface area contributed by atoms with Crippen LogP contribution in [0.4, 0.5) is 0 Å². The van der Waals surface area contributed by atoms with Crippen molar-refractivity contribution in [1.29, 1.82) is 0 Å². The number of amides is 1. The first-order valence-electron chi connectivity index (χ1n) is 8.28. The van der Waals surface area contributed by atoms with Crippen molar-refractivity contribution in [3.63, 3.8) is 0 Å². The van der Waals surface area contributed by atoms with Gasteiger partial charge in [0.1, 0.15) is 0 Å². The number of benzene rings is 1. The Hall–Kier alpha value is -1.35. The zero-order chi connectivity index (χ0) is 14.0. The molecule has 6 aliphatic carbocycles. The molecule has 21 heavy (non-hydrogen) atoms. The molecule has 1 aliphatic heterocycles. The summed E-state index contributed by atoms with van der Waals surface area (Å²) in [5.74, 6) is 2.68. The number of rotatable bonds is 0. The molecular weight excluding hydrogens is 262 g/mol. The van der Waals surface area contributed by atoms with Crippen molar-refractivity contribution in [3.8, 4) is 0 Å². The van der Waals surface area contributed by atoms with Gasteiger partial charge in [-0.05, 0) is 61.0 Å². The predicted molar refractivity (Wildman–Crippen MR) is 76.5 cm³/mol. The van der Waals surface area contributed by atoms with E-state index in [9.17, 15) is 9.90 Å². The summed E-state index contributed by atoms with van der Waals surface area (Å²) in [7, 11) is 0. The van der Waals surface area contributed by atoms with Crippen molar-refractivity contribution < 1.29 is 9.90 Å². The summed E-state index contributed by atoms with van der Waals surface area (Å²) in [5, 5.41) is 15.1. The van der Waals surface area contributed by atoms with Gasteiger partial charge in [0.25, 0.3) is 5.91 Å². The van der Waals surface area contributed by atoms with Crippen molar-refractivity contribution in [2.75, 3.05) is 0 Å². The van der Waals surface area contributed by atoms with Crippen molar-refractivity contribution in [3.05, 3.63) is 35.4 Å². The van der Waals surface area contributed by atoms with Gasteiger partial charge >= 0.3 is 0 Å². The van der Waals surface area contributed by atoms with E-state index in [1.54, 1.807) is 0 Å². The average molecular weight is 281 g/mol. The number of fused-ring (bicyclic) bond motifs is 1. The van der Waals surface area contributed by atoms with E-state index in [0.29, 0.717) is 23.3 Å². The van der Waals surface area contributed by atoms with Gasteiger partial charge in [0.2, 0.25) is 0 Å². The minimum absolute atomic E-state index is 0.0362. The van der Waals surface area contributed by atoms with Crippen molar-refractivity contribution in [2.45, 2.75) is 36.8 Å². The first-order chi connectivity index (χ1) is 10.1. The largest absolute Gasteiger partial charge is 0.384 e. The topological polar surface area (TPSA) is 49.3 Å². The molecule has 8 rings (SSSR count). The van der Waals surface area contributed by atoms with Crippen LogP contribution >= 0.6 is 0 Å². The van der Waals surface area contributed by atoms with Gasteiger partial charge < -0.3 is 10.4 Å². The standard InChI is InChI=1S/C18H19NO2/c20-16-11-3-1-2-4-13(11)18(21)14-10-5-9-6-12(14)15(18)17(7-9,8-10)19-16/h1-4,9-10,12,14-15,21H,5-8H2,(H,19,20). The van der Waals surface area contributed by atoms with Gasteiger partial charge in [-0.1, -0.05) is 18.2 Å². The van der Waals surface area contributed by atoms with Gasteiger partial charge in [0.05, 0.1) is 5.60 Å². The highest BCUT2D eigenvalue weighted by molar-refractivity contribution is 5.97. The van der Waals surface area contributed by atoms with Crippen LogP contribution in [0.2, 0.25) is 0 Å². The van der Waals surface area contributed by atoms with Crippen LogP contribution in [0.15, 0.2) is 24.3 Å². The molecule has 6 saturated carbocycles. The predicted octanol–water partition coefficient (Wildman–Crippen LogP) is 2.05. The highest BCUT2D eigenvalue weighted by Crippen LogP contribution is 2.77. The Morgan fingerprint density at radius 3 is 2.90 bits per heavy atom. The summed E-state index contributed by atoms with van der Waals surface area (Å²) in [4.78, 5) is 12.7. The molecule has 7 aliphatic rings. The maximum absolute atomic E-state index is 12.7. The van der Waals surface area contributed by atoms with E-state index in [4.69, 9.17) is 0 Å². The highest BCUT2D eigenvalue weighted by atomic mass is 16.3. The first-order valence-corrected chi connectivity index (χ1v) is 8.28. The van der Waals surface area contributed by atoms with Crippen LogP contribution in [0, 0.1) is 29.6 Å². The quantitative estimate of drug-likeness (QED) is 0.764. The molecule has 1 spiro atoms. The molecule has 7 atom stereocenters. The fraction of sp³-hybridized carbons (Fsp3) is 0.611. The molecule has 7 bridgehead atoms. The Morgan fingerprint density at radius 1 is 1.19 bits per heavy atom. The molecule has 3 nitrogen and oxygen atoms in total. The molecule has 0 saturated heterocycles. The molecule has 7 unspecified atom stereocenters. The van der Waals surface area contributed by atoms with Gasteiger partial charge in [-0.3, -0.25) is 4.79 Å². The van der Waals surface area contributed by atoms with Gasteiger partial charge in [0, 0.05) is 17.0 Å². The zero-order valence-corrected chi connectivity index (χ0v) is 11.9. The fourth-order valence-electron chi connectivity index (χ4n) is 7.38. The monoisotopic (exact) mass is 281 g/mol. The van der Waals surface area contributed by atoms with Gasteiger partial charge in [-0.15, -0.1) is 0 Å². The molecule has 3 heteroatoms. The van der Waals surface area contributed by atoms with Crippen LogP contribution < -0.4 is 5.32 Å². The molecule has 0 radical (unpaired) electrons. The molecule has 1 aromatic rings. The third-order valence-corrected chi connectivity index (χ3v) is 7.46. The van der Waals surface area contributed by atoms with Gasteiger partial charge in [-0.25, -0.2) is 0 Å². The average Bonchev–Trinajstić information content (AvgIpc) is 2.49. The second kappa shape index (κ2) is 3.05. The van der Waals surface area contributed by atoms with Crippen LogP contribution in [-0.2, 0) is 5.60 Å². The maximum Gasteiger partial charge on any atom is 0.252 e. The Labute approximate surface area is 123 Å². The summed E-state index contributed by atoms with van der Waals surface area (Å²) in [6, 6.07) is 7.75. The molecule has 2 N–H and O–H groups in total. The first kappa shape index (κ1) is 11.2. The van der Waals surface area contributed by atoms with Crippen LogP contribution in [0.25, 0.3) is 0 Å². The molecule has 1 aromatic carbocycles. The maximum atomic E-state index is 12.7. The van der Waals surface area contributed by atoms with Crippen molar-refractivity contribution in [1.82, 2.24) is 5.32 Å². The Bertz CT molecular complexity index is 688. The Balaban J connectivity index is 1.68. The number of carbonyl (C=O) groups excluding carboxylic acids is 1. The van der Waals surface area contributed by atoms with Crippen LogP contribution in [0.1, 0.15) is 41.6 Å². The molecular formula is C18H19NO2. The van der Waals surface area contributed by atoms with E-state index in [1.807, 2.05) is 24.3 Å². The van der Waals surface area contributed by atoms with E-state index in [-0.39, 0.29) is 17.4 Å². The van der Waals surface area contributed by atoms with E-state index in [0.717, 1.165) is 24.3 Å². The smallest absolute Gasteiger partial charge is 0.252 e. The third-order valence-electron chi connectivity index (χ3n) is 7.46. The van der Waals surface area contributed by atoms with E-state index < -0.39 is 5.60 Å². The van der Waals surface area contributed by atoms with Crippen LogP contribution in [0.5, 0.6) is 0 Å². The van der Waals surface area contributed by atoms with Gasteiger partial charge in [-0.2, -0.15) is 0 Å². The van der Waals surface area contributed by atoms with Gasteiger partial charge in [0.15, 0.2) is 0 Å². The molecule has 108 valence electrons. The molecule has 6 fully saturated rings.